The molecule has 1 aromatic heterocycles. The third kappa shape index (κ3) is 13.2. The molecule has 3 amide bonds. The van der Waals surface area contributed by atoms with Gasteiger partial charge in [-0.3, -0.25) is 24.1 Å². The van der Waals surface area contributed by atoms with Gasteiger partial charge in [-0.1, -0.05) is 84.7 Å². The predicted molar refractivity (Wildman–Crippen MR) is 208 cm³/mol. The van der Waals surface area contributed by atoms with Crippen molar-refractivity contribution in [2.75, 3.05) is 34.0 Å². The number of rotatable bonds is 22. The van der Waals surface area contributed by atoms with Gasteiger partial charge in [0.05, 0.1) is 12.0 Å². The van der Waals surface area contributed by atoms with Crippen molar-refractivity contribution >= 4 is 35.0 Å². The van der Waals surface area contributed by atoms with Crippen LogP contribution in [0.5, 0.6) is 0 Å². The van der Waals surface area contributed by atoms with Crippen molar-refractivity contribution in [1.29, 1.82) is 0 Å². The number of carbonyl (C=O) groups is 4. The van der Waals surface area contributed by atoms with Gasteiger partial charge in [-0.15, -0.1) is 11.3 Å². The molecule has 0 bridgehead atoms. The maximum Gasteiger partial charge on any atom is 0.306 e. The number of likely N-dealkylation sites (tertiary alicyclic amines) is 1. The molecule has 1 fully saturated rings. The number of nitrogens with one attached hydrogen (secondary N) is 2. The van der Waals surface area contributed by atoms with Gasteiger partial charge in [-0.05, 0) is 63.1 Å². The number of carbonyl (C=O) groups excluding carboxylic acids is 3. The van der Waals surface area contributed by atoms with Crippen LogP contribution in [0.25, 0.3) is 0 Å². The van der Waals surface area contributed by atoms with Crippen LogP contribution >= 0.6 is 11.3 Å². The Morgan fingerprint density at radius 2 is 1.77 bits per heavy atom. The smallest absolute Gasteiger partial charge is 0.306 e. The average molecular weight is 758 g/mol. The summed E-state index contributed by atoms with van der Waals surface area (Å²) in [5, 5.41) is 18.0. The third-order valence-corrected chi connectivity index (χ3v) is 11.3. The highest BCUT2D eigenvalue weighted by molar-refractivity contribution is 7.09. The van der Waals surface area contributed by atoms with Gasteiger partial charge in [0.25, 0.3) is 5.91 Å². The lowest BCUT2D eigenvalue weighted by molar-refractivity contribution is -0.144. The largest absolute Gasteiger partial charge is 0.481 e. The van der Waals surface area contributed by atoms with E-state index in [4.69, 9.17) is 14.5 Å². The van der Waals surface area contributed by atoms with E-state index in [9.17, 15) is 24.3 Å². The van der Waals surface area contributed by atoms with Gasteiger partial charge >= 0.3 is 5.97 Å². The van der Waals surface area contributed by atoms with Crippen LogP contribution in [0.2, 0.25) is 0 Å². The number of methoxy groups -OCH3 is 1. The zero-order valence-corrected chi connectivity index (χ0v) is 33.8. The Kier molecular flexibility index (Phi) is 18.4. The van der Waals surface area contributed by atoms with E-state index in [2.05, 4.69) is 29.4 Å². The van der Waals surface area contributed by atoms with Crippen LogP contribution in [0.4, 0.5) is 0 Å². The number of benzene rings is 1. The summed E-state index contributed by atoms with van der Waals surface area (Å²) in [4.78, 5) is 62.2. The van der Waals surface area contributed by atoms with E-state index in [1.807, 2.05) is 63.1 Å². The van der Waals surface area contributed by atoms with Crippen LogP contribution in [-0.4, -0.2) is 102 Å². The van der Waals surface area contributed by atoms with Crippen LogP contribution in [0.15, 0.2) is 35.7 Å². The summed E-state index contributed by atoms with van der Waals surface area (Å²) in [6.45, 7) is 13.2. The molecule has 2 aromatic rings. The van der Waals surface area contributed by atoms with E-state index in [0.29, 0.717) is 24.4 Å². The van der Waals surface area contributed by atoms with Crippen molar-refractivity contribution < 1.29 is 33.8 Å². The summed E-state index contributed by atoms with van der Waals surface area (Å²) >= 11 is 1.30. The SMILES string of the molecule is CCCN(C(=O)[C@@H](NC(=O)[C@H]1CCCCN1C)C(C)CC)[C@H](C[C@@H](OCOC)c1nc(C(=O)N[C@@H](Cc2ccccc2)C[C@H](C)C(=O)O)cs1)C(C)C. The highest BCUT2D eigenvalue weighted by Crippen LogP contribution is 2.32. The first-order valence-electron chi connectivity index (χ1n) is 19.3. The van der Waals surface area contributed by atoms with Gasteiger partial charge in [0.1, 0.15) is 29.6 Å². The molecule has 1 aliphatic heterocycles. The van der Waals surface area contributed by atoms with Crippen molar-refractivity contribution in [3.63, 3.8) is 0 Å². The number of carboxylic acids is 1. The van der Waals surface area contributed by atoms with E-state index >= 15 is 0 Å². The Balaban J connectivity index is 1.86. The van der Waals surface area contributed by atoms with Gasteiger partial charge in [-0.25, -0.2) is 4.98 Å². The number of likely N-dealkylation sites (N-methyl/N-ethyl adjacent to an activating group) is 1. The Hall–Kier alpha value is -3.39. The normalized spacial score (nSPS) is 18.4. The maximum absolute atomic E-state index is 14.6. The van der Waals surface area contributed by atoms with E-state index < -0.39 is 36.0 Å². The highest BCUT2D eigenvalue weighted by Gasteiger charge is 2.38. The molecule has 1 unspecified atom stereocenters. The van der Waals surface area contributed by atoms with Crippen molar-refractivity contribution in [3.05, 3.63) is 52.0 Å². The summed E-state index contributed by atoms with van der Waals surface area (Å²) in [5.41, 5.74) is 1.21. The number of carboxylic acid groups (broad SMARTS) is 1. The molecule has 3 N–H and O–H groups in total. The molecule has 53 heavy (non-hydrogen) atoms. The summed E-state index contributed by atoms with van der Waals surface area (Å²) in [5.74, 6) is -2.19. The molecular weight excluding hydrogens is 695 g/mol. The second-order valence-electron chi connectivity index (χ2n) is 14.9. The number of thiazole rings is 1. The fraction of sp³-hybridized carbons (Fsp3) is 0.675. The number of hydrogen-bond donors (Lipinski definition) is 3. The van der Waals surface area contributed by atoms with E-state index in [1.54, 1.807) is 19.4 Å². The summed E-state index contributed by atoms with van der Waals surface area (Å²) < 4.78 is 11.5. The summed E-state index contributed by atoms with van der Waals surface area (Å²) in [6, 6.07) is 8.05. The molecule has 13 heteroatoms. The van der Waals surface area contributed by atoms with Crippen molar-refractivity contribution in [3.8, 4) is 0 Å². The Morgan fingerprint density at radius 1 is 1.06 bits per heavy atom. The number of ether oxygens (including phenoxy) is 2. The van der Waals surface area contributed by atoms with Crippen LogP contribution in [-0.2, 0) is 30.3 Å². The van der Waals surface area contributed by atoms with E-state index in [1.165, 1.54) is 11.3 Å². The highest BCUT2D eigenvalue weighted by atomic mass is 32.1. The van der Waals surface area contributed by atoms with Gasteiger partial charge in [0, 0.05) is 37.5 Å². The molecule has 296 valence electrons. The molecule has 3 rings (SSSR count). The fourth-order valence-electron chi connectivity index (χ4n) is 6.99. The number of hydrogen-bond acceptors (Lipinski definition) is 9. The molecule has 0 spiro atoms. The third-order valence-electron chi connectivity index (χ3n) is 10.4. The van der Waals surface area contributed by atoms with Crippen molar-refractivity contribution in [1.82, 2.24) is 25.4 Å². The molecule has 0 radical (unpaired) electrons. The summed E-state index contributed by atoms with van der Waals surface area (Å²) in [7, 11) is 3.51. The molecule has 2 heterocycles. The Bertz CT molecular complexity index is 1440. The minimum Gasteiger partial charge on any atom is -0.481 e. The maximum atomic E-state index is 14.6. The second kappa shape index (κ2) is 22.1. The first-order valence-corrected chi connectivity index (χ1v) is 20.1. The van der Waals surface area contributed by atoms with E-state index in [0.717, 1.165) is 44.2 Å². The first kappa shape index (κ1) is 44.0. The monoisotopic (exact) mass is 757 g/mol. The fourth-order valence-corrected chi connectivity index (χ4v) is 7.84. The standard InChI is InChI=1S/C40H63N5O7S/c1-9-19-45(39(48)35(27(5)10-2)43-37(47)32-18-14-15-20-44(32)7)33(26(3)4)23-34(52-25-51-8)38-42-31(24-53-38)36(46)41-30(21-28(6)40(49)50)22-29-16-12-11-13-17-29/h11-13,16-17,24,26-28,30,32-35H,9-10,14-15,18-23,25H2,1-8H3,(H,41,46)(H,43,47)(H,49,50)/t27?,28-,30+,32+,33+,34+,35-/m0/s1. The minimum atomic E-state index is -0.920. The van der Waals surface area contributed by atoms with Crippen LogP contribution in [0, 0.1) is 17.8 Å². The Morgan fingerprint density at radius 3 is 2.38 bits per heavy atom. The van der Waals surface area contributed by atoms with Gasteiger partial charge in [-0.2, -0.15) is 0 Å². The predicted octanol–water partition coefficient (Wildman–Crippen LogP) is 5.93. The minimum absolute atomic E-state index is 0.00893. The number of aliphatic carboxylic acids is 1. The average Bonchev–Trinajstić information content (AvgIpc) is 3.63. The number of aromatic nitrogens is 1. The quantitative estimate of drug-likeness (QED) is 0.124. The lowest BCUT2D eigenvalue weighted by atomic mass is 9.92. The molecule has 0 aliphatic carbocycles. The van der Waals surface area contributed by atoms with Gasteiger partial charge < -0.3 is 30.1 Å². The zero-order chi connectivity index (χ0) is 39.1. The topological polar surface area (TPSA) is 150 Å². The molecular formula is C40H63N5O7S. The first-order chi connectivity index (χ1) is 25.3. The van der Waals surface area contributed by atoms with Crippen LogP contribution < -0.4 is 10.6 Å². The number of nitrogens with zero attached hydrogens (tertiary/aromatic N) is 3. The second-order valence-corrected chi connectivity index (χ2v) is 15.8. The number of piperidine rings is 1. The molecule has 0 saturated carbocycles. The van der Waals surface area contributed by atoms with Gasteiger partial charge in [0.2, 0.25) is 11.8 Å². The molecule has 1 aliphatic rings. The molecule has 7 atom stereocenters. The van der Waals surface area contributed by atoms with Crippen molar-refractivity contribution in [2.45, 2.75) is 123 Å². The van der Waals surface area contributed by atoms with E-state index in [-0.39, 0.29) is 54.6 Å². The molecule has 12 nitrogen and oxygen atoms in total. The number of amides is 3. The summed E-state index contributed by atoms with van der Waals surface area (Å²) in [6.07, 6.45) is 4.86. The van der Waals surface area contributed by atoms with Crippen LogP contribution in [0.3, 0.4) is 0 Å². The molecule has 1 aromatic carbocycles. The lowest BCUT2D eigenvalue weighted by Crippen LogP contribution is -2.58. The Labute approximate surface area is 320 Å². The van der Waals surface area contributed by atoms with Gasteiger partial charge in [0.15, 0.2) is 0 Å². The van der Waals surface area contributed by atoms with Crippen molar-refractivity contribution in [2.24, 2.45) is 17.8 Å². The molecule has 1 saturated heterocycles. The zero-order valence-electron chi connectivity index (χ0n) is 33.0. The van der Waals surface area contributed by atoms with Crippen LogP contribution in [0.1, 0.15) is 114 Å². The lowest BCUT2D eigenvalue weighted by Gasteiger charge is -2.40.